The van der Waals surface area contributed by atoms with E-state index in [0.717, 1.165) is 11.1 Å². The number of benzene rings is 2. The minimum Gasteiger partial charge on any atom is -0.395 e. The summed E-state index contributed by atoms with van der Waals surface area (Å²) in [6, 6.07) is 21.7. The molecule has 0 aliphatic heterocycles. The van der Waals surface area contributed by atoms with Gasteiger partial charge in [-0.25, -0.2) is 0 Å². The Morgan fingerprint density at radius 3 is 2.15 bits per heavy atom. The molecule has 20 heavy (non-hydrogen) atoms. The Hall–Kier alpha value is -2.15. The van der Waals surface area contributed by atoms with Gasteiger partial charge in [0.25, 0.3) is 0 Å². The highest BCUT2D eigenvalue weighted by Gasteiger charge is 2.19. The second kappa shape index (κ2) is 7.44. The zero-order valence-corrected chi connectivity index (χ0v) is 11.3. The summed E-state index contributed by atoms with van der Waals surface area (Å²) in [6.07, 6.45) is 0. The molecule has 0 fully saturated rings. The third kappa shape index (κ3) is 3.67. The van der Waals surface area contributed by atoms with Gasteiger partial charge in [-0.1, -0.05) is 60.7 Å². The smallest absolute Gasteiger partial charge is 0.124 e. The topological polar surface area (TPSA) is 47.3 Å². The van der Waals surface area contributed by atoms with Crippen molar-refractivity contribution in [1.82, 2.24) is 4.90 Å². The second-order valence-electron chi connectivity index (χ2n) is 4.62. The van der Waals surface area contributed by atoms with Crippen LogP contribution in [0.15, 0.2) is 60.7 Å². The van der Waals surface area contributed by atoms with E-state index in [1.807, 2.05) is 65.6 Å². The Morgan fingerprint density at radius 2 is 1.60 bits per heavy atom. The van der Waals surface area contributed by atoms with Crippen molar-refractivity contribution >= 4 is 0 Å². The molecular formula is C17H18N2O. The minimum absolute atomic E-state index is 0.0395. The zero-order valence-electron chi connectivity index (χ0n) is 11.3. The van der Waals surface area contributed by atoms with Crippen LogP contribution in [0, 0.1) is 11.3 Å². The highest BCUT2D eigenvalue weighted by atomic mass is 16.3. The molecule has 102 valence electrons. The molecule has 2 rings (SSSR count). The molecular weight excluding hydrogens is 248 g/mol. The summed E-state index contributed by atoms with van der Waals surface area (Å²) in [5.41, 5.74) is 2.09. The van der Waals surface area contributed by atoms with Gasteiger partial charge in [0.1, 0.15) is 6.04 Å². The number of aliphatic hydroxyl groups is 1. The Bertz CT molecular complexity index is 548. The van der Waals surface area contributed by atoms with Crippen LogP contribution in [-0.4, -0.2) is 23.2 Å². The molecule has 1 atom stereocenters. The van der Waals surface area contributed by atoms with E-state index in [4.69, 9.17) is 0 Å². The van der Waals surface area contributed by atoms with E-state index in [1.54, 1.807) is 0 Å². The highest BCUT2D eigenvalue weighted by Crippen LogP contribution is 2.21. The lowest BCUT2D eigenvalue weighted by Crippen LogP contribution is -2.30. The highest BCUT2D eigenvalue weighted by molar-refractivity contribution is 5.25. The molecule has 0 saturated carbocycles. The Kier molecular flexibility index (Phi) is 5.31. The van der Waals surface area contributed by atoms with Crippen LogP contribution in [0.3, 0.4) is 0 Å². The van der Waals surface area contributed by atoms with E-state index in [-0.39, 0.29) is 12.6 Å². The first-order valence-corrected chi connectivity index (χ1v) is 6.68. The minimum atomic E-state index is -0.344. The van der Waals surface area contributed by atoms with Gasteiger partial charge in [0.2, 0.25) is 0 Å². The lowest BCUT2D eigenvalue weighted by Gasteiger charge is -2.26. The maximum absolute atomic E-state index is 9.48. The number of nitrogens with zero attached hydrogens (tertiary/aromatic N) is 2. The molecule has 0 radical (unpaired) electrons. The zero-order chi connectivity index (χ0) is 14.2. The van der Waals surface area contributed by atoms with E-state index in [0.29, 0.717) is 13.1 Å². The van der Waals surface area contributed by atoms with E-state index in [1.165, 1.54) is 0 Å². The summed E-state index contributed by atoms with van der Waals surface area (Å²) in [7, 11) is 0. The van der Waals surface area contributed by atoms with Gasteiger partial charge in [0.05, 0.1) is 12.7 Å². The van der Waals surface area contributed by atoms with Crippen LogP contribution in [0.5, 0.6) is 0 Å². The summed E-state index contributed by atoms with van der Waals surface area (Å²) in [5.74, 6) is 0. The van der Waals surface area contributed by atoms with Gasteiger partial charge in [0, 0.05) is 13.1 Å². The fourth-order valence-electron chi connectivity index (χ4n) is 2.25. The second-order valence-corrected chi connectivity index (χ2v) is 4.62. The molecule has 0 aromatic heterocycles. The van der Waals surface area contributed by atoms with Crippen molar-refractivity contribution in [1.29, 1.82) is 5.26 Å². The van der Waals surface area contributed by atoms with Crippen LogP contribution in [0.1, 0.15) is 17.2 Å². The Morgan fingerprint density at radius 1 is 1.00 bits per heavy atom. The predicted molar refractivity (Wildman–Crippen MR) is 78.7 cm³/mol. The van der Waals surface area contributed by atoms with Gasteiger partial charge in [-0.05, 0) is 11.1 Å². The van der Waals surface area contributed by atoms with Crippen molar-refractivity contribution in [2.75, 3.05) is 13.2 Å². The summed E-state index contributed by atoms with van der Waals surface area (Å²) in [6.45, 7) is 1.16. The number of nitriles is 1. The maximum Gasteiger partial charge on any atom is 0.124 e. The molecule has 3 nitrogen and oxygen atoms in total. The first-order chi connectivity index (χ1) is 9.85. The molecule has 0 bridgehead atoms. The SMILES string of the molecule is N#CC(c1ccccc1)N(CCO)Cc1ccccc1. The van der Waals surface area contributed by atoms with E-state index in [2.05, 4.69) is 6.07 Å². The van der Waals surface area contributed by atoms with Crippen molar-refractivity contribution < 1.29 is 5.11 Å². The number of hydrogen-bond donors (Lipinski definition) is 1. The molecule has 0 amide bonds. The maximum atomic E-state index is 9.48. The Balaban J connectivity index is 2.20. The van der Waals surface area contributed by atoms with Crippen molar-refractivity contribution in [3.05, 3.63) is 71.8 Å². The average Bonchev–Trinajstić information content (AvgIpc) is 2.50. The van der Waals surface area contributed by atoms with Crippen molar-refractivity contribution in [3.8, 4) is 6.07 Å². The van der Waals surface area contributed by atoms with Gasteiger partial charge in [-0.3, -0.25) is 4.90 Å². The van der Waals surface area contributed by atoms with Crippen LogP contribution in [0.2, 0.25) is 0 Å². The molecule has 1 unspecified atom stereocenters. The Labute approximate surface area is 119 Å². The van der Waals surface area contributed by atoms with Crippen LogP contribution in [0.25, 0.3) is 0 Å². The predicted octanol–water partition coefficient (Wildman–Crippen LogP) is 2.75. The third-order valence-corrected chi connectivity index (χ3v) is 3.22. The molecule has 0 spiro atoms. The van der Waals surface area contributed by atoms with Crippen molar-refractivity contribution in [3.63, 3.8) is 0 Å². The standard InChI is InChI=1S/C17H18N2O/c18-13-17(16-9-5-2-6-10-16)19(11-12-20)14-15-7-3-1-4-8-15/h1-10,17,20H,11-12,14H2. The molecule has 0 heterocycles. The lowest BCUT2D eigenvalue weighted by atomic mass is 10.1. The molecule has 0 aliphatic carbocycles. The summed E-state index contributed by atoms with van der Waals surface area (Å²) >= 11 is 0. The van der Waals surface area contributed by atoms with Gasteiger partial charge in [-0.2, -0.15) is 5.26 Å². The fourth-order valence-corrected chi connectivity index (χ4v) is 2.25. The van der Waals surface area contributed by atoms with Crippen molar-refractivity contribution in [2.24, 2.45) is 0 Å². The van der Waals surface area contributed by atoms with Crippen LogP contribution in [0.4, 0.5) is 0 Å². The molecule has 3 heteroatoms. The molecule has 2 aromatic carbocycles. The molecule has 0 saturated heterocycles. The third-order valence-electron chi connectivity index (χ3n) is 3.22. The normalized spacial score (nSPS) is 12.1. The van der Waals surface area contributed by atoms with Crippen LogP contribution in [-0.2, 0) is 6.54 Å². The summed E-state index contributed by atoms with van der Waals surface area (Å²) in [5, 5.41) is 18.7. The largest absolute Gasteiger partial charge is 0.395 e. The summed E-state index contributed by atoms with van der Waals surface area (Å²) < 4.78 is 0. The summed E-state index contributed by atoms with van der Waals surface area (Å²) in [4.78, 5) is 1.99. The number of aliphatic hydroxyl groups excluding tert-OH is 1. The first-order valence-electron chi connectivity index (χ1n) is 6.68. The van der Waals surface area contributed by atoms with Crippen LogP contribution < -0.4 is 0 Å². The number of hydrogen-bond acceptors (Lipinski definition) is 3. The number of rotatable bonds is 6. The van der Waals surface area contributed by atoms with E-state index < -0.39 is 0 Å². The van der Waals surface area contributed by atoms with E-state index in [9.17, 15) is 10.4 Å². The lowest BCUT2D eigenvalue weighted by molar-refractivity contribution is 0.167. The fraction of sp³-hybridized carbons (Fsp3) is 0.235. The molecule has 2 aromatic rings. The van der Waals surface area contributed by atoms with Gasteiger partial charge in [-0.15, -0.1) is 0 Å². The van der Waals surface area contributed by atoms with Gasteiger partial charge < -0.3 is 5.11 Å². The van der Waals surface area contributed by atoms with Crippen molar-refractivity contribution in [2.45, 2.75) is 12.6 Å². The quantitative estimate of drug-likeness (QED) is 0.874. The first kappa shape index (κ1) is 14.3. The average molecular weight is 266 g/mol. The van der Waals surface area contributed by atoms with Gasteiger partial charge in [0.15, 0.2) is 0 Å². The molecule has 0 aliphatic rings. The monoisotopic (exact) mass is 266 g/mol. The van der Waals surface area contributed by atoms with E-state index >= 15 is 0 Å². The van der Waals surface area contributed by atoms with Crippen LogP contribution >= 0.6 is 0 Å². The molecule has 1 N–H and O–H groups in total. The van der Waals surface area contributed by atoms with Gasteiger partial charge >= 0.3 is 0 Å².